The van der Waals surface area contributed by atoms with Crippen LogP contribution in [0.15, 0.2) is 28.7 Å². The molecule has 0 unspecified atom stereocenters. The van der Waals surface area contributed by atoms with E-state index in [0.717, 1.165) is 35.1 Å². The fourth-order valence-corrected chi connectivity index (χ4v) is 3.30. The van der Waals surface area contributed by atoms with Crippen molar-refractivity contribution < 1.29 is 9.18 Å². The molecule has 1 aliphatic rings. The molecule has 0 atom stereocenters. The molecule has 0 saturated heterocycles. The molecular formula is C15H13BrFNO. The van der Waals surface area contributed by atoms with Crippen molar-refractivity contribution in [3.05, 3.63) is 57.1 Å². The number of hydrogen-bond acceptors (Lipinski definition) is 1. The minimum Gasteiger partial charge on any atom is -0.341 e. The van der Waals surface area contributed by atoms with Gasteiger partial charge in [0.25, 0.3) is 0 Å². The first kappa shape index (κ1) is 12.6. The molecule has 2 aromatic rings. The molecule has 0 N–H and O–H groups in total. The molecule has 1 aromatic heterocycles. The summed E-state index contributed by atoms with van der Waals surface area (Å²) in [6.45, 7) is 2.83. The first-order valence-electron chi connectivity index (χ1n) is 6.27. The molecule has 2 heterocycles. The van der Waals surface area contributed by atoms with Gasteiger partial charge >= 0.3 is 0 Å². The highest BCUT2D eigenvalue weighted by atomic mass is 79.9. The number of halogens is 2. The van der Waals surface area contributed by atoms with Crippen LogP contribution < -0.4 is 0 Å². The molecule has 0 spiro atoms. The Balaban J connectivity index is 2.10. The Labute approximate surface area is 119 Å². The van der Waals surface area contributed by atoms with Gasteiger partial charge in [0.05, 0.1) is 5.69 Å². The maximum atomic E-state index is 12.9. The van der Waals surface area contributed by atoms with Gasteiger partial charge in [-0.05, 0) is 65.5 Å². The van der Waals surface area contributed by atoms with Crippen LogP contribution in [0, 0.1) is 12.7 Å². The topological polar surface area (TPSA) is 22.0 Å². The third-order valence-electron chi connectivity index (χ3n) is 3.65. The number of carbonyl (C=O) groups is 1. The van der Waals surface area contributed by atoms with Crippen molar-refractivity contribution in [1.29, 1.82) is 0 Å². The second-order valence-corrected chi connectivity index (χ2v) is 5.62. The van der Waals surface area contributed by atoms with Crippen LogP contribution in [0.3, 0.4) is 0 Å². The molecule has 0 aliphatic carbocycles. The highest BCUT2D eigenvalue weighted by Gasteiger charge is 2.26. The molecule has 2 nitrogen and oxygen atoms in total. The summed E-state index contributed by atoms with van der Waals surface area (Å²) in [4.78, 5) is 12.6. The molecular weight excluding hydrogens is 309 g/mol. The van der Waals surface area contributed by atoms with Crippen molar-refractivity contribution >= 4 is 21.7 Å². The average Bonchev–Trinajstić information content (AvgIpc) is 2.95. The molecule has 4 heteroatoms. The van der Waals surface area contributed by atoms with Crippen LogP contribution in [-0.4, -0.2) is 10.4 Å². The number of carbonyl (C=O) groups excluding carboxylic acids is 1. The molecule has 1 aromatic carbocycles. The monoisotopic (exact) mass is 321 g/mol. The van der Waals surface area contributed by atoms with E-state index in [1.54, 1.807) is 12.1 Å². The Morgan fingerprint density at radius 2 is 2.00 bits per heavy atom. The van der Waals surface area contributed by atoms with Crippen molar-refractivity contribution in [3.63, 3.8) is 0 Å². The van der Waals surface area contributed by atoms with Gasteiger partial charge < -0.3 is 4.57 Å². The first-order chi connectivity index (χ1) is 9.09. The van der Waals surface area contributed by atoms with Crippen LogP contribution >= 0.6 is 15.9 Å². The minimum absolute atomic E-state index is 0.0358. The fraction of sp³-hybridized carbons (Fsp3) is 0.267. The smallest absolute Gasteiger partial charge is 0.209 e. The molecule has 98 valence electrons. The summed E-state index contributed by atoms with van der Waals surface area (Å²) in [7, 11) is 0. The molecule has 0 radical (unpaired) electrons. The lowest BCUT2D eigenvalue weighted by atomic mass is 10.1. The molecule has 0 amide bonds. The summed E-state index contributed by atoms with van der Waals surface area (Å²) in [5.74, 6) is -0.360. The van der Waals surface area contributed by atoms with Crippen molar-refractivity contribution in [2.45, 2.75) is 26.3 Å². The van der Waals surface area contributed by atoms with E-state index < -0.39 is 0 Å². The maximum absolute atomic E-state index is 12.9. The van der Waals surface area contributed by atoms with Gasteiger partial charge in [0.2, 0.25) is 5.78 Å². The summed E-state index contributed by atoms with van der Waals surface area (Å²) in [6, 6.07) is 5.73. The zero-order valence-electron chi connectivity index (χ0n) is 10.5. The molecule has 3 rings (SSSR count). The number of aromatic nitrogens is 1. The molecule has 19 heavy (non-hydrogen) atoms. The van der Waals surface area contributed by atoms with E-state index in [1.807, 2.05) is 6.92 Å². The standard InChI is InChI=1S/C15H13BrFNO/c1-9-13(16)12-3-2-8-18(12)14(9)15(19)10-4-6-11(17)7-5-10/h4-7H,2-3,8H2,1H3. The number of nitrogens with zero attached hydrogens (tertiary/aromatic N) is 1. The highest BCUT2D eigenvalue weighted by molar-refractivity contribution is 9.10. The normalized spacial score (nSPS) is 13.6. The molecule has 1 aliphatic heterocycles. The Hall–Kier alpha value is -1.42. The minimum atomic E-state index is -0.324. The zero-order valence-corrected chi connectivity index (χ0v) is 12.1. The van der Waals surface area contributed by atoms with Crippen LogP contribution in [0.25, 0.3) is 0 Å². The highest BCUT2D eigenvalue weighted by Crippen LogP contribution is 2.33. The predicted octanol–water partition coefficient (Wildman–Crippen LogP) is 3.88. The van der Waals surface area contributed by atoms with E-state index in [4.69, 9.17) is 0 Å². The largest absolute Gasteiger partial charge is 0.341 e. The van der Waals surface area contributed by atoms with Gasteiger partial charge in [-0.15, -0.1) is 0 Å². The van der Waals surface area contributed by atoms with Gasteiger partial charge in [-0.2, -0.15) is 0 Å². The fourth-order valence-electron chi connectivity index (χ4n) is 2.70. The van der Waals surface area contributed by atoms with E-state index in [0.29, 0.717) is 5.56 Å². The summed E-state index contributed by atoms with van der Waals surface area (Å²) in [5, 5.41) is 0. The van der Waals surface area contributed by atoms with Crippen LogP contribution in [0.1, 0.15) is 33.7 Å². The SMILES string of the molecule is Cc1c(Br)c2n(c1C(=O)c1ccc(F)cc1)CCC2. The molecule has 0 saturated carbocycles. The van der Waals surface area contributed by atoms with E-state index >= 15 is 0 Å². The summed E-state index contributed by atoms with van der Waals surface area (Å²) in [5.41, 5.74) is 3.43. The van der Waals surface area contributed by atoms with Gasteiger partial charge in [0.1, 0.15) is 5.82 Å². The number of hydrogen-bond donors (Lipinski definition) is 0. The lowest BCUT2D eigenvalue weighted by molar-refractivity contribution is 0.103. The van der Waals surface area contributed by atoms with Gasteiger partial charge in [-0.3, -0.25) is 4.79 Å². The Bertz CT molecular complexity index is 658. The number of fused-ring (bicyclic) bond motifs is 1. The maximum Gasteiger partial charge on any atom is 0.209 e. The van der Waals surface area contributed by atoms with Crippen LogP contribution in [0.2, 0.25) is 0 Å². The van der Waals surface area contributed by atoms with E-state index in [9.17, 15) is 9.18 Å². The third kappa shape index (κ3) is 1.94. The average molecular weight is 322 g/mol. The van der Waals surface area contributed by atoms with Crippen molar-refractivity contribution in [1.82, 2.24) is 4.57 Å². The van der Waals surface area contributed by atoms with Gasteiger partial charge in [-0.25, -0.2) is 4.39 Å². The van der Waals surface area contributed by atoms with Crippen LogP contribution in [0.4, 0.5) is 4.39 Å². The number of ketones is 1. The van der Waals surface area contributed by atoms with Crippen molar-refractivity contribution in [3.8, 4) is 0 Å². The van der Waals surface area contributed by atoms with Gasteiger partial charge in [0.15, 0.2) is 0 Å². The summed E-state index contributed by atoms with van der Waals surface area (Å²) < 4.78 is 16.1. The van der Waals surface area contributed by atoms with Gasteiger partial charge in [0, 0.05) is 22.3 Å². The lowest BCUT2D eigenvalue weighted by Gasteiger charge is -2.06. The van der Waals surface area contributed by atoms with E-state index in [2.05, 4.69) is 20.5 Å². The molecule has 0 bridgehead atoms. The first-order valence-corrected chi connectivity index (χ1v) is 7.06. The quantitative estimate of drug-likeness (QED) is 0.769. The second kappa shape index (κ2) is 4.60. The predicted molar refractivity (Wildman–Crippen MR) is 75.0 cm³/mol. The van der Waals surface area contributed by atoms with Crippen molar-refractivity contribution in [2.75, 3.05) is 0 Å². The molecule has 0 fully saturated rings. The van der Waals surface area contributed by atoms with Crippen LogP contribution in [0.5, 0.6) is 0 Å². The lowest BCUT2D eigenvalue weighted by Crippen LogP contribution is -2.10. The third-order valence-corrected chi connectivity index (χ3v) is 4.70. The Kier molecular flexibility index (Phi) is 3.05. The number of rotatable bonds is 2. The Morgan fingerprint density at radius 1 is 1.32 bits per heavy atom. The van der Waals surface area contributed by atoms with E-state index in [1.165, 1.54) is 17.8 Å². The summed E-state index contributed by atoms with van der Waals surface area (Å²) in [6.07, 6.45) is 2.07. The van der Waals surface area contributed by atoms with Crippen LogP contribution in [-0.2, 0) is 13.0 Å². The summed E-state index contributed by atoms with van der Waals surface area (Å²) >= 11 is 3.57. The number of benzene rings is 1. The Morgan fingerprint density at radius 3 is 2.68 bits per heavy atom. The second-order valence-electron chi connectivity index (χ2n) is 4.83. The van der Waals surface area contributed by atoms with Gasteiger partial charge in [-0.1, -0.05) is 0 Å². The van der Waals surface area contributed by atoms with E-state index in [-0.39, 0.29) is 11.6 Å². The zero-order chi connectivity index (χ0) is 13.6. The van der Waals surface area contributed by atoms with Crippen molar-refractivity contribution in [2.24, 2.45) is 0 Å².